The highest BCUT2D eigenvalue weighted by atomic mass is 19.4. The number of ether oxygens (including phenoxy) is 1. The minimum Gasteiger partial charge on any atom is -0.481 e. The molecule has 0 spiro atoms. The molecule has 1 saturated carbocycles. The fourth-order valence-corrected chi connectivity index (χ4v) is 2.65. The van der Waals surface area contributed by atoms with Crippen LogP contribution in [-0.2, 0) is 9.53 Å². The van der Waals surface area contributed by atoms with E-state index in [-0.39, 0.29) is 19.3 Å². The molecular formula is C11H17F3O3. The summed E-state index contributed by atoms with van der Waals surface area (Å²) in [6.07, 6.45) is -3.19. The van der Waals surface area contributed by atoms with Crippen LogP contribution in [0.4, 0.5) is 13.2 Å². The fourth-order valence-electron chi connectivity index (χ4n) is 2.65. The van der Waals surface area contributed by atoms with E-state index in [9.17, 15) is 18.0 Å². The summed E-state index contributed by atoms with van der Waals surface area (Å²) in [6.45, 7) is 0. The van der Waals surface area contributed by atoms with Gasteiger partial charge in [-0.05, 0) is 25.2 Å². The molecule has 0 radical (unpaired) electrons. The fraction of sp³-hybridized carbons (Fsp3) is 0.909. The summed E-state index contributed by atoms with van der Waals surface area (Å²) in [7, 11) is 1.06. The molecule has 0 heterocycles. The van der Waals surface area contributed by atoms with Gasteiger partial charge in [0.2, 0.25) is 0 Å². The first kappa shape index (κ1) is 14.3. The summed E-state index contributed by atoms with van der Waals surface area (Å²) < 4.78 is 44.1. The molecule has 6 heteroatoms. The van der Waals surface area contributed by atoms with E-state index in [1.54, 1.807) is 0 Å². The van der Waals surface area contributed by atoms with Gasteiger partial charge in [0.1, 0.15) is 0 Å². The van der Waals surface area contributed by atoms with Crippen LogP contribution in [0.15, 0.2) is 0 Å². The number of hydrogen-bond acceptors (Lipinski definition) is 2. The zero-order valence-corrected chi connectivity index (χ0v) is 9.72. The van der Waals surface area contributed by atoms with Gasteiger partial charge in [-0.1, -0.05) is 12.8 Å². The number of alkyl halides is 3. The topological polar surface area (TPSA) is 46.5 Å². The molecule has 1 N–H and O–H groups in total. The number of carboxylic acid groups (broad SMARTS) is 1. The van der Waals surface area contributed by atoms with Gasteiger partial charge < -0.3 is 9.84 Å². The van der Waals surface area contributed by atoms with Crippen LogP contribution in [0, 0.1) is 5.92 Å². The number of methoxy groups -OCH3 is 1. The van der Waals surface area contributed by atoms with Crippen molar-refractivity contribution in [2.24, 2.45) is 5.92 Å². The van der Waals surface area contributed by atoms with Crippen LogP contribution in [0.3, 0.4) is 0 Å². The Morgan fingerprint density at radius 3 is 2.59 bits per heavy atom. The number of rotatable bonds is 4. The summed E-state index contributed by atoms with van der Waals surface area (Å²) in [6, 6.07) is 0. The Morgan fingerprint density at radius 1 is 1.47 bits per heavy atom. The summed E-state index contributed by atoms with van der Waals surface area (Å²) >= 11 is 0. The quantitative estimate of drug-likeness (QED) is 0.838. The van der Waals surface area contributed by atoms with E-state index >= 15 is 0 Å². The lowest BCUT2D eigenvalue weighted by molar-refractivity contribution is -0.298. The minimum atomic E-state index is -4.44. The summed E-state index contributed by atoms with van der Waals surface area (Å²) in [4.78, 5) is 10.5. The number of carbonyl (C=O) groups is 1. The molecule has 0 aromatic rings. The van der Waals surface area contributed by atoms with Crippen molar-refractivity contribution in [1.29, 1.82) is 0 Å². The van der Waals surface area contributed by atoms with Gasteiger partial charge in [0.25, 0.3) is 0 Å². The predicted molar refractivity (Wildman–Crippen MR) is 54.6 cm³/mol. The monoisotopic (exact) mass is 254 g/mol. The second kappa shape index (κ2) is 5.25. The Kier molecular flexibility index (Phi) is 4.41. The van der Waals surface area contributed by atoms with Crippen LogP contribution in [0.5, 0.6) is 0 Å². The molecule has 1 fully saturated rings. The number of halogens is 3. The van der Waals surface area contributed by atoms with Crippen LogP contribution >= 0.6 is 0 Å². The second-order valence-electron chi connectivity index (χ2n) is 4.47. The first-order chi connectivity index (χ1) is 7.83. The van der Waals surface area contributed by atoms with Gasteiger partial charge in [0.05, 0.1) is 0 Å². The van der Waals surface area contributed by atoms with Crippen LogP contribution in [0.25, 0.3) is 0 Å². The molecule has 1 aliphatic rings. The zero-order valence-electron chi connectivity index (χ0n) is 9.72. The largest absolute Gasteiger partial charge is 0.481 e. The summed E-state index contributed by atoms with van der Waals surface area (Å²) in [5.41, 5.74) is -2.15. The maximum atomic E-state index is 13.1. The molecule has 0 amide bonds. The molecule has 0 aliphatic heterocycles. The van der Waals surface area contributed by atoms with Crippen molar-refractivity contribution < 1.29 is 27.8 Å². The van der Waals surface area contributed by atoms with E-state index < -0.39 is 23.7 Å². The lowest BCUT2D eigenvalue weighted by Gasteiger charge is -2.44. The van der Waals surface area contributed by atoms with Crippen molar-refractivity contribution in [3.8, 4) is 0 Å². The number of aliphatic carboxylic acids is 1. The Bertz CT molecular complexity index is 278. The molecule has 2 unspecified atom stereocenters. The van der Waals surface area contributed by atoms with Gasteiger partial charge in [-0.15, -0.1) is 0 Å². The molecule has 0 saturated heterocycles. The Balaban J connectivity index is 2.85. The van der Waals surface area contributed by atoms with Crippen LogP contribution in [-0.4, -0.2) is 30.0 Å². The van der Waals surface area contributed by atoms with E-state index in [2.05, 4.69) is 0 Å². The smallest absolute Gasteiger partial charge is 0.417 e. The zero-order chi connectivity index (χ0) is 13.1. The van der Waals surface area contributed by atoms with Crippen molar-refractivity contribution in [3.05, 3.63) is 0 Å². The molecule has 1 rings (SSSR count). The van der Waals surface area contributed by atoms with Crippen LogP contribution < -0.4 is 0 Å². The standard InChI is InChI=1S/C11H17F3O3/c1-17-10(11(12,13)14)7-3-2-4-8(10)5-6-9(15)16/h8H,2-7H2,1H3,(H,15,16). The Hall–Kier alpha value is -0.780. The van der Waals surface area contributed by atoms with Crippen LogP contribution in [0.1, 0.15) is 38.5 Å². The minimum absolute atomic E-state index is 0.0166. The summed E-state index contributed by atoms with van der Waals surface area (Å²) in [5, 5.41) is 8.57. The molecule has 0 aromatic heterocycles. The third-order valence-corrected chi connectivity index (χ3v) is 3.56. The third kappa shape index (κ3) is 2.91. The first-order valence-corrected chi connectivity index (χ1v) is 5.67. The highest BCUT2D eigenvalue weighted by Gasteiger charge is 2.60. The van der Waals surface area contributed by atoms with Gasteiger partial charge in [-0.25, -0.2) is 0 Å². The van der Waals surface area contributed by atoms with E-state index in [1.165, 1.54) is 0 Å². The van der Waals surface area contributed by atoms with E-state index in [0.29, 0.717) is 19.3 Å². The molecule has 100 valence electrons. The number of hydrogen-bond donors (Lipinski definition) is 1. The van der Waals surface area contributed by atoms with Gasteiger partial charge in [0, 0.05) is 13.5 Å². The molecule has 2 atom stereocenters. The highest BCUT2D eigenvalue weighted by Crippen LogP contribution is 2.49. The molecule has 0 bridgehead atoms. The molecular weight excluding hydrogens is 237 g/mol. The Morgan fingerprint density at radius 2 is 2.12 bits per heavy atom. The molecule has 3 nitrogen and oxygen atoms in total. The van der Waals surface area contributed by atoms with E-state index in [4.69, 9.17) is 9.84 Å². The summed E-state index contributed by atoms with van der Waals surface area (Å²) in [5.74, 6) is -1.82. The van der Waals surface area contributed by atoms with Crippen molar-refractivity contribution >= 4 is 5.97 Å². The first-order valence-electron chi connectivity index (χ1n) is 5.67. The molecule has 17 heavy (non-hydrogen) atoms. The Labute approximate surface area is 97.9 Å². The predicted octanol–water partition coefficient (Wildman–Crippen LogP) is 2.99. The van der Waals surface area contributed by atoms with E-state index in [0.717, 1.165) is 7.11 Å². The van der Waals surface area contributed by atoms with Crippen molar-refractivity contribution in [3.63, 3.8) is 0 Å². The highest BCUT2D eigenvalue weighted by molar-refractivity contribution is 5.66. The lowest BCUT2D eigenvalue weighted by atomic mass is 9.72. The van der Waals surface area contributed by atoms with E-state index in [1.807, 2.05) is 0 Å². The van der Waals surface area contributed by atoms with Gasteiger partial charge in [-0.2, -0.15) is 13.2 Å². The van der Waals surface area contributed by atoms with Crippen LogP contribution in [0.2, 0.25) is 0 Å². The average Bonchev–Trinajstić information content (AvgIpc) is 2.25. The molecule has 1 aliphatic carbocycles. The molecule has 0 aromatic carbocycles. The third-order valence-electron chi connectivity index (χ3n) is 3.56. The number of carboxylic acids is 1. The lowest BCUT2D eigenvalue weighted by Crippen LogP contribution is -2.54. The maximum Gasteiger partial charge on any atom is 0.417 e. The SMILES string of the molecule is COC1(C(F)(F)F)CCCCC1CCC(=O)O. The van der Waals surface area contributed by atoms with Gasteiger partial charge in [0.15, 0.2) is 5.60 Å². The van der Waals surface area contributed by atoms with Gasteiger partial charge in [-0.3, -0.25) is 4.79 Å². The maximum absolute atomic E-state index is 13.1. The van der Waals surface area contributed by atoms with Crippen molar-refractivity contribution in [2.45, 2.75) is 50.3 Å². The van der Waals surface area contributed by atoms with Gasteiger partial charge >= 0.3 is 12.1 Å². The van der Waals surface area contributed by atoms with Crippen molar-refractivity contribution in [2.75, 3.05) is 7.11 Å². The average molecular weight is 254 g/mol. The second-order valence-corrected chi connectivity index (χ2v) is 4.47. The normalized spacial score (nSPS) is 30.2. The van der Waals surface area contributed by atoms with Crippen molar-refractivity contribution in [1.82, 2.24) is 0 Å².